The standard InChI is InChI=1S/C25H37N3O3Si/c1-18-15-22(26-27(18)14-13-20-11-9-8-10-12-20)23(29)16-21-17-24(30)28(21)19(2)31-32(6,7)25(3,4)5/h8-12,15,19,21H,13-14,16-17H2,1-7H3. The second-order valence-electron chi connectivity index (χ2n) is 10.4. The molecule has 2 aromatic rings. The zero-order valence-corrected chi connectivity index (χ0v) is 21.5. The average Bonchev–Trinajstić information content (AvgIpc) is 3.06. The number of ketones is 1. The molecule has 1 aliphatic rings. The van der Waals surface area contributed by atoms with Crippen molar-refractivity contribution in [3.05, 3.63) is 53.3 Å². The van der Waals surface area contributed by atoms with Gasteiger partial charge in [-0.2, -0.15) is 5.10 Å². The summed E-state index contributed by atoms with van der Waals surface area (Å²) in [4.78, 5) is 27.1. The number of benzene rings is 1. The molecule has 1 amide bonds. The smallest absolute Gasteiger partial charge is 0.226 e. The number of hydrogen-bond donors (Lipinski definition) is 0. The van der Waals surface area contributed by atoms with E-state index in [0.29, 0.717) is 12.1 Å². The zero-order valence-electron chi connectivity index (χ0n) is 20.5. The average molecular weight is 456 g/mol. The van der Waals surface area contributed by atoms with E-state index in [1.807, 2.05) is 42.8 Å². The fraction of sp³-hybridized carbons (Fsp3) is 0.560. The molecular formula is C25H37N3O3Si. The van der Waals surface area contributed by atoms with Gasteiger partial charge in [-0.15, -0.1) is 0 Å². The summed E-state index contributed by atoms with van der Waals surface area (Å²) in [6.07, 6.45) is 1.22. The minimum absolute atomic E-state index is 0.0198. The first kappa shape index (κ1) is 24.4. The van der Waals surface area contributed by atoms with E-state index in [4.69, 9.17) is 4.43 Å². The SMILES string of the molecule is Cc1cc(C(=O)CC2CC(=O)N2C(C)O[Si](C)(C)C(C)(C)C)nn1CCc1ccccc1. The Labute approximate surface area is 193 Å². The van der Waals surface area contributed by atoms with Crippen molar-refractivity contribution in [1.82, 2.24) is 14.7 Å². The van der Waals surface area contributed by atoms with Crippen LogP contribution in [0.2, 0.25) is 18.1 Å². The van der Waals surface area contributed by atoms with Gasteiger partial charge >= 0.3 is 0 Å². The molecule has 1 saturated heterocycles. The minimum Gasteiger partial charge on any atom is -0.397 e. The first-order valence-corrected chi connectivity index (χ1v) is 14.4. The Balaban J connectivity index is 1.61. The normalized spacial score (nSPS) is 17.9. The Morgan fingerprint density at radius 1 is 1.25 bits per heavy atom. The number of amides is 1. The molecule has 1 aliphatic heterocycles. The number of rotatable bonds is 9. The molecule has 0 aliphatic carbocycles. The van der Waals surface area contributed by atoms with E-state index in [0.717, 1.165) is 18.7 Å². The highest BCUT2D eigenvalue weighted by atomic mass is 28.4. The molecule has 3 rings (SSSR count). The fourth-order valence-corrected chi connectivity index (χ4v) is 5.22. The molecule has 174 valence electrons. The number of aromatic nitrogens is 2. The van der Waals surface area contributed by atoms with Gasteiger partial charge in [0.2, 0.25) is 5.91 Å². The lowest BCUT2D eigenvalue weighted by Gasteiger charge is -2.48. The maximum absolute atomic E-state index is 13.0. The minimum atomic E-state index is -2.01. The summed E-state index contributed by atoms with van der Waals surface area (Å²) in [5.41, 5.74) is 2.70. The van der Waals surface area contributed by atoms with Crippen LogP contribution >= 0.6 is 0 Å². The largest absolute Gasteiger partial charge is 0.397 e. The van der Waals surface area contributed by atoms with E-state index in [1.54, 1.807) is 4.90 Å². The summed E-state index contributed by atoms with van der Waals surface area (Å²) in [5.74, 6) is 0.0344. The molecule has 1 aromatic heterocycles. The van der Waals surface area contributed by atoms with Crippen molar-refractivity contribution in [1.29, 1.82) is 0 Å². The Kier molecular flexibility index (Phi) is 7.10. The van der Waals surface area contributed by atoms with Crippen LogP contribution in [0.5, 0.6) is 0 Å². The lowest BCUT2D eigenvalue weighted by atomic mass is 9.95. The number of nitrogens with zero attached hydrogens (tertiary/aromatic N) is 3. The Hall–Kier alpha value is -2.25. The van der Waals surface area contributed by atoms with Crippen molar-refractivity contribution in [2.24, 2.45) is 0 Å². The van der Waals surface area contributed by atoms with Crippen LogP contribution in [0, 0.1) is 6.92 Å². The monoisotopic (exact) mass is 455 g/mol. The number of hydrogen-bond acceptors (Lipinski definition) is 4. The second kappa shape index (κ2) is 9.31. The maximum atomic E-state index is 13.0. The maximum Gasteiger partial charge on any atom is 0.226 e. The van der Waals surface area contributed by atoms with Crippen molar-refractivity contribution in [2.45, 2.75) is 90.8 Å². The Bertz CT molecular complexity index is 963. The predicted octanol–water partition coefficient (Wildman–Crippen LogP) is 4.98. The van der Waals surface area contributed by atoms with Gasteiger partial charge in [-0.1, -0.05) is 51.1 Å². The lowest BCUT2D eigenvalue weighted by molar-refractivity contribution is -0.159. The molecule has 7 heteroatoms. The van der Waals surface area contributed by atoms with Gasteiger partial charge in [0.05, 0.1) is 6.04 Å². The first-order chi connectivity index (χ1) is 14.9. The molecule has 0 spiro atoms. The van der Waals surface area contributed by atoms with Crippen molar-refractivity contribution < 1.29 is 14.0 Å². The summed E-state index contributed by atoms with van der Waals surface area (Å²) in [7, 11) is -2.01. The van der Waals surface area contributed by atoms with E-state index >= 15 is 0 Å². The van der Waals surface area contributed by atoms with Crippen molar-refractivity contribution in [3.63, 3.8) is 0 Å². The highest BCUT2D eigenvalue weighted by Crippen LogP contribution is 2.39. The van der Waals surface area contributed by atoms with Gasteiger partial charge in [-0.25, -0.2) is 0 Å². The number of likely N-dealkylation sites (tertiary alicyclic amines) is 1. The van der Waals surface area contributed by atoms with E-state index in [9.17, 15) is 9.59 Å². The summed E-state index contributed by atoms with van der Waals surface area (Å²) in [6.45, 7) is 15.5. The summed E-state index contributed by atoms with van der Waals surface area (Å²) in [6, 6.07) is 12.0. The number of aryl methyl sites for hydroxylation is 3. The van der Waals surface area contributed by atoms with Gasteiger partial charge in [0.15, 0.2) is 14.1 Å². The van der Waals surface area contributed by atoms with Crippen LogP contribution in [-0.2, 0) is 22.2 Å². The molecule has 0 bridgehead atoms. The summed E-state index contributed by atoms with van der Waals surface area (Å²) >= 11 is 0. The molecule has 32 heavy (non-hydrogen) atoms. The van der Waals surface area contributed by atoms with Crippen molar-refractivity contribution in [3.8, 4) is 0 Å². The van der Waals surface area contributed by atoms with E-state index in [-0.39, 0.29) is 35.4 Å². The third-order valence-electron chi connectivity index (χ3n) is 6.90. The van der Waals surface area contributed by atoms with Crippen LogP contribution in [0.4, 0.5) is 0 Å². The topological polar surface area (TPSA) is 64.4 Å². The van der Waals surface area contributed by atoms with Gasteiger partial charge in [0.1, 0.15) is 11.9 Å². The second-order valence-corrected chi connectivity index (χ2v) is 15.1. The Morgan fingerprint density at radius 2 is 1.91 bits per heavy atom. The third kappa shape index (κ3) is 5.38. The number of carbonyl (C=O) groups excluding carboxylic acids is 2. The van der Waals surface area contributed by atoms with E-state index in [1.165, 1.54) is 5.56 Å². The van der Waals surface area contributed by atoms with E-state index < -0.39 is 8.32 Å². The van der Waals surface area contributed by atoms with Gasteiger partial charge in [-0.05, 0) is 50.0 Å². The molecule has 0 N–H and O–H groups in total. The zero-order chi connectivity index (χ0) is 23.7. The molecule has 6 nitrogen and oxygen atoms in total. The molecule has 2 atom stereocenters. The van der Waals surface area contributed by atoms with Crippen LogP contribution in [0.3, 0.4) is 0 Å². The Morgan fingerprint density at radius 3 is 2.50 bits per heavy atom. The number of Topliss-reactive ketones (excluding diaryl/α,β-unsaturated/α-hetero) is 1. The molecule has 2 heterocycles. The molecule has 2 unspecified atom stereocenters. The lowest BCUT2D eigenvalue weighted by Crippen LogP contribution is -2.60. The summed E-state index contributed by atoms with van der Waals surface area (Å²) < 4.78 is 8.30. The molecule has 0 saturated carbocycles. The van der Waals surface area contributed by atoms with Crippen LogP contribution < -0.4 is 0 Å². The number of carbonyl (C=O) groups is 2. The van der Waals surface area contributed by atoms with Crippen molar-refractivity contribution in [2.75, 3.05) is 0 Å². The first-order valence-electron chi connectivity index (χ1n) is 11.5. The predicted molar refractivity (Wildman–Crippen MR) is 129 cm³/mol. The fourth-order valence-electron chi connectivity index (χ4n) is 3.90. The molecule has 1 fully saturated rings. The third-order valence-corrected chi connectivity index (χ3v) is 11.4. The summed E-state index contributed by atoms with van der Waals surface area (Å²) in [5, 5.41) is 4.62. The van der Waals surface area contributed by atoms with Crippen LogP contribution in [0.25, 0.3) is 0 Å². The molecule has 1 aromatic carbocycles. The van der Waals surface area contributed by atoms with Crippen LogP contribution in [0.1, 0.15) is 62.3 Å². The van der Waals surface area contributed by atoms with Crippen LogP contribution in [0.15, 0.2) is 36.4 Å². The van der Waals surface area contributed by atoms with E-state index in [2.05, 4.69) is 51.1 Å². The quantitative estimate of drug-likeness (QED) is 0.304. The van der Waals surface area contributed by atoms with Gasteiger partial charge in [0.25, 0.3) is 0 Å². The van der Waals surface area contributed by atoms with Gasteiger partial charge < -0.3 is 9.33 Å². The highest BCUT2D eigenvalue weighted by Gasteiger charge is 2.45. The van der Waals surface area contributed by atoms with Gasteiger partial charge in [-0.3, -0.25) is 14.3 Å². The van der Waals surface area contributed by atoms with Crippen molar-refractivity contribution >= 4 is 20.0 Å². The highest BCUT2D eigenvalue weighted by molar-refractivity contribution is 6.74. The number of β-lactam (4-membered cyclic amide) rings is 1. The molecular weight excluding hydrogens is 418 g/mol. The molecule has 0 radical (unpaired) electrons. The van der Waals surface area contributed by atoms with Gasteiger partial charge in [0, 0.05) is 25.1 Å². The van der Waals surface area contributed by atoms with Crippen LogP contribution in [-0.4, -0.2) is 47.0 Å².